The number of nitrogens with one attached hydrogen (secondary N) is 1. The van der Waals surface area contributed by atoms with Crippen LogP contribution in [0.15, 0.2) is 64.6 Å². The van der Waals surface area contributed by atoms with Crippen LogP contribution in [-0.2, 0) is 4.79 Å². The fourth-order valence-corrected chi connectivity index (χ4v) is 3.35. The van der Waals surface area contributed by atoms with Crippen LogP contribution in [0.4, 0.5) is 0 Å². The Bertz CT molecular complexity index is 926. The van der Waals surface area contributed by atoms with Crippen molar-refractivity contribution in [2.75, 3.05) is 5.75 Å². The summed E-state index contributed by atoms with van der Waals surface area (Å²) in [5.41, 5.74) is 5.28. The van der Waals surface area contributed by atoms with Gasteiger partial charge in [0.2, 0.25) is 5.91 Å². The third-order valence-corrected chi connectivity index (χ3v) is 4.75. The molecule has 3 rings (SSSR count). The van der Waals surface area contributed by atoms with Crippen molar-refractivity contribution in [1.82, 2.24) is 10.4 Å². The number of hydrazone groups is 1. The zero-order valence-corrected chi connectivity index (χ0v) is 15.1. The number of carbonyl (C=O) groups excluding carboxylic acids is 1. The van der Waals surface area contributed by atoms with E-state index in [0.29, 0.717) is 5.02 Å². The van der Waals surface area contributed by atoms with Crippen molar-refractivity contribution in [1.29, 1.82) is 0 Å². The van der Waals surface area contributed by atoms with E-state index in [4.69, 9.17) is 11.6 Å². The van der Waals surface area contributed by atoms with Gasteiger partial charge in [-0.1, -0.05) is 41.9 Å². The van der Waals surface area contributed by atoms with Crippen LogP contribution in [0.25, 0.3) is 10.9 Å². The molecule has 0 saturated carbocycles. The second-order valence-electron chi connectivity index (χ2n) is 5.41. The van der Waals surface area contributed by atoms with Gasteiger partial charge in [0.25, 0.3) is 0 Å². The topological polar surface area (TPSA) is 54.4 Å². The smallest absolute Gasteiger partial charge is 0.250 e. The van der Waals surface area contributed by atoms with Gasteiger partial charge < -0.3 is 0 Å². The molecule has 0 bridgehead atoms. The molecule has 3 aromatic rings. The summed E-state index contributed by atoms with van der Waals surface area (Å²) in [6.07, 6.45) is 1.59. The summed E-state index contributed by atoms with van der Waals surface area (Å²) >= 11 is 7.30. The molecule has 1 heterocycles. The van der Waals surface area contributed by atoms with E-state index in [2.05, 4.69) is 15.5 Å². The molecule has 0 saturated heterocycles. The molecule has 0 unspecified atom stereocenters. The average Bonchev–Trinajstić information content (AvgIpc) is 2.61. The van der Waals surface area contributed by atoms with Crippen molar-refractivity contribution in [3.8, 4) is 0 Å². The van der Waals surface area contributed by atoms with Gasteiger partial charge in [0.15, 0.2) is 0 Å². The molecule has 2 aromatic carbocycles. The number of aryl methyl sites for hydroxylation is 1. The number of benzene rings is 2. The van der Waals surface area contributed by atoms with Gasteiger partial charge in [-0.05, 0) is 36.8 Å². The van der Waals surface area contributed by atoms with Crippen LogP contribution >= 0.6 is 23.4 Å². The number of rotatable bonds is 5. The minimum Gasteiger partial charge on any atom is -0.272 e. The predicted molar refractivity (Wildman–Crippen MR) is 104 cm³/mol. The normalized spacial score (nSPS) is 11.1. The molecular weight excluding hydrogens is 354 g/mol. The summed E-state index contributed by atoms with van der Waals surface area (Å²) in [5.74, 6) is 0.125. The third-order valence-electron chi connectivity index (χ3n) is 3.44. The lowest BCUT2D eigenvalue weighted by Crippen LogP contribution is -2.19. The Kier molecular flexibility index (Phi) is 5.68. The van der Waals surface area contributed by atoms with Gasteiger partial charge in [0, 0.05) is 21.0 Å². The maximum absolute atomic E-state index is 12.0. The van der Waals surface area contributed by atoms with Gasteiger partial charge in [0.05, 0.1) is 17.5 Å². The largest absolute Gasteiger partial charge is 0.272 e. The Morgan fingerprint density at radius 2 is 2.00 bits per heavy atom. The molecule has 25 heavy (non-hydrogen) atoms. The van der Waals surface area contributed by atoms with Gasteiger partial charge in [-0.25, -0.2) is 5.43 Å². The predicted octanol–water partition coefficient (Wildman–Crippen LogP) is 4.44. The molecule has 0 aliphatic rings. The number of para-hydroxylation sites is 1. The summed E-state index contributed by atoms with van der Waals surface area (Å²) in [4.78, 5) is 17.5. The van der Waals surface area contributed by atoms with E-state index >= 15 is 0 Å². The Balaban J connectivity index is 1.60. The van der Waals surface area contributed by atoms with E-state index in [0.717, 1.165) is 27.1 Å². The number of aromatic nitrogens is 1. The first kappa shape index (κ1) is 17.5. The van der Waals surface area contributed by atoms with Crippen LogP contribution in [-0.4, -0.2) is 22.9 Å². The average molecular weight is 370 g/mol. The molecule has 0 spiro atoms. The van der Waals surface area contributed by atoms with Crippen molar-refractivity contribution >= 4 is 46.4 Å². The van der Waals surface area contributed by atoms with Crippen molar-refractivity contribution in [3.05, 3.63) is 70.9 Å². The maximum atomic E-state index is 12.0. The summed E-state index contributed by atoms with van der Waals surface area (Å²) in [6, 6.07) is 17.1. The highest BCUT2D eigenvalue weighted by Gasteiger charge is 2.07. The van der Waals surface area contributed by atoms with Crippen LogP contribution in [0.5, 0.6) is 0 Å². The number of thioether (sulfide) groups is 1. The molecule has 0 atom stereocenters. The van der Waals surface area contributed by atoms with E-state index < -0.39 is 0 Å². The summed E-state index contributed by atoms with van der Waals surface area (Å²) in [6.45, 7) is 1.95. The summed E-state index contributed by atoms with van der Waals surface area (Å²) in [7, 11) is 0. The first-order chi connectivity index (χ1) is 12.1. The standard InChI is InChI=1S/C19H16ClN3OS/c1-13-10-18(16-4-2-3-5-17(16)22-13)25-12-19(24)23-21-11-14-6-8-15(20)9-7-14/h2-11H,12H2,1H3,(H,23,24)/b21-11+. The second kappa shape index (κ2) is 8.14. The maximum Gasteiger partial charge on any atom is 0.250 e. The van der Waals surface area contributed by atoms with Crippen LogP contribution in [0, 0.1) is 6.92 Å². The van der Waals surface area contributed by atoms with E-state index in [-0.39, 0.29) is 11.7 Å². The molecule has 0 aliphatic heterocycles. The van der Waals surface area contributed by atoms with Gasteiger partial charge >= 0.3 is 0 Å². The fourth-order valence-electron chi connectivity index (χ4n) is 2.29. The number of fused-ring (bicyclic) bond motifs is 1. The number of carbonyl (C=O) groups is 1. The Morgan fingerprint density at radius 1 is 1.24 bits per heavy atom. The SMILES string of the molecule is Cc1cc(SCC(=O)N/N=C/c2ccc(Cl)cc2)c2ccccc2n1. The van der Waals surface area contributed by atoms with E-state index in [1.807, 2.05) is 49.4 Å². The van der Waals surface area contributed by atoms with E-state index in [1.54, 1.807) is 18.3 Å². The summed E-state index contributed by atoms with van der Waals surface area (Å²) in [5, 5.41) is 5.69. The van der Waals surface area contributed by atoms with Gasteiger partial charge in [-0.3, -0.25) is 9.78 Å². The van der Waals surface area contributed by atoms with Crippen LogP contribution in [0.1, 0.15) is 11.3 Å². The van der Waals surface area contributed by atoms with Crippen molar-refractivity contribution < 1.29 is 4.79 Å². The molecule has 126 valence electrons. The Morgan fingerprint density at radius 3 is 2.80 bits per heavy atom. The van der Waals surface area contributed by atoms with Crippen LogP contribution in [0.3, 0.4) is 0 Å². The molecule has 0 radical (unpaired) electrons. The minimum atomic E-state index is -0.159. The number of halogens is 1. The quantitative estimate of drug-likeness (QED) is 0.411. The third kappa shape index (κ3) is 4.81. The lowest BCUT2D eigenvalue weighted by Gasteiger charge is -2.07. The monoisotopic (exact) mass is 369 g/mol. The fraction of sp³-hybridized carbons (Fsp3) is 0.105. The number of amides is 1. The molecule has 1 amide bonds. The molecule has 6 heteroatoms. The van der Waals surface area contributed by atoms with Crippen molar-refractivity contribution in [2.45, 2.75) is 11.8 Å². The highest BCUT2D eigenvalue weighted by atomic mass is 35.5. The number of hydrogen-bond donors (Lipinski definition) is 1. The first-order valence-electron chi connectivity index (χ1n) is 7.68. The number of nitrogens with zero attached hydrogens (tertiary/aromatic N) is 2. The first-order valence-corrected chi connectivity index (χ1v) is 9.05. The molecule has 1 N–H and O–H groups in total. The van der Waals surface area contributed by atoms with Gasteiger partial charge in [-0.15, -0.1) is 11.8 Å². The highest BCUT2D eigenvalue weighted by molar-refractivity contribution is 8.00. The van der Waals surface area contributed by atoms with E-state index in [1.165, 1.54) is 11.8 Å². The Labute approximate surface area is 155 Å². The molecular formula is C19H16ClN3OS. The minimum absolute atomic E-state index is 0.159. The zero-order valence-electron chi connectivity index (χ0n) is 13.6. The van der Waals surface area contributed by atoms with Gasteiger partial charge in [0.1, 0.15) is 0 Å². The number of hydrogen-bond acceptors (Lipinski definition) is 4. The van der Waals surface area contributed by atoms with Crippen molar-refractivity contribution in [3.63, 3.8) is 0 Å². The lowest BCUT2D eigenvalue weighted by atomic mass is 10.2. The Hall–Kier alpha value is -2.37. The van der Waals surface area contributed by atoms with Crippen LogP contribution < -0.4 is 5.43 Å². The van der Waals surface area contributed by atoms with Crippen LogP contribution in [0.2, 0.25) is 5.02 Å². The van der Waals surface area contributed by atoms with E-state index in [9.17, 15) is 4.79 Å². The molecule has 0 fully saturated rings. The molecule has 0 aliphatic carbocycles. The van der Waals surface area contributed by atoms with Gasteiger partial charge in [-0.2, -0.15) is 5.10 Å². The molecule has 1 aromatic heterocycles. The number of pyridine rings is 1. The molecule has 4 nitrogen and oxygen atoms in total. The summed E-state index contributed by atoms with van der Waals surface area (Å²) < 4.78 is 0. The van der Waals surface area contributed by atoms with Crippen molar-refractivity contribution in [2.24, 2.45) is 5.10 Å². The zero-order chi connectivity index (χ0) is 17.6. The second-order valence-corrected chi connectivity index (χ2v) is 6.87. The lowest BCUT2D eigenvalue weighted by molar-refractivity contribution is -0.118. The highest BCUT2D eigenvalue weighted by Crippen LogP contribution is 2.27.